The smallest absolute Gasteiger partial charge is 0.347 e. The summed E-state index contributed by atoms with van der Waals surface area (Å²) in [6.07, 6.45) is 5.20. The van der Waals surface area contributed by atoms with Gasteiger partial charge in [-0.2, -0.15) is 0 Å². The third kappa shape index (κ3) is 2.28. The summed E-state index contributed by atoms with van der Waals surface area (Å²) < 4.78 is 0. The molecule has 82 valence electrons. The van der Waals surface area contributed by atoms with E-state index in [0.717, 1.165) is 6.54 Å². The molecule has 0 aromatic carbocycles. The predicted octanol–water partition coefficient (Wildman–Crippen LogP) is 2.44. The van der Waals surface area contributed by atoms with Crippen molar-refractivity contribution in [3.63, 3.8) is 0 Å². The fourth-order valence-corrected chi connectivity index (χ4v) is 2.35. The summed E-state index contributed by atoms with van der Waals surface area (Å²) >= 11 is 1.19. The normalized spacial score (nSPS) is 18.2. The Labute approximate surface area is 92.3 Å². The van der Waals surface area contributed by atoms with E-state index in [4.69, 9.17) is 5.11 Å². The molecule has 0 spiro atoms. The number of anilines is 1. The third-order valence-electron chi connectivity index (χ3n) is 2.94. The largest absolute Gasteiger partial charge is 0.477 e. The van der Waals surface area contributed by atoms with Crippen molar-refractivity contribution in [3.05, 3.63) is 11.1 Å². The molecule has 4 nitrogen and oxygen atoms in total. The summed E-state index contributed by atoms with van der Waals surface area (Å²) in [4.78, 5) is 14.9. The van der Waals surface area contributed by atoms with Gasteiger partial charge in [-0.15, -0.1) is 0 Å². The van der Waals surface area contributed by atoms with E-state index < -0.39 is 5.97 Å². The van der Waals surface area contributed by atoms with Gasteiger partial charge >= 0.3 is 5.97 Å². The second-order valence-corrected chi connectivity index (χ2v) is 5.38. The summed E-state index contributed by atoms with van der Waals surface area (Å²) in [7, 11) is 0. The Morgan fingerprint density at radius 2 is 2.47 bits per heavy atom. The topological polar surface area (TPSA) is 62.2 Å². The van der Waals surface area contributed by atoms with Crippen LogP contribution in [-0.4, -0.2) is 22.6 Å². The number of nitrogens with zero attached hydrogens (tertiary/aromatic N) is 1. The van der Waals surface area contributed by atoms with E-state index in [0.29, 0.717) is 10.5 Å². The second-order valence-electron chi connectivity index (χ2n) is 4.35. The molecule has 0 atom stereocenters. The van der Waals surface area contributed by atoms with Crippen molar-refractivity contribution < 1.29 is 9.90 Å². The van der Waals surface area contributed by atoms with E-state index in [2.05, 4.69) is 17.2 Å². The molecule has 2 rings (SSSR count). The summed E-state index contributed by atoms with van der Waals surface area (Å²) in [6.45, 7) is 3.13. The molecule has 1 aromatic heterocycles. The van der Waals surface area contributed by atoms with Crippen molar-refractivity contribution in [3.8, 4) is 0 Å². The SMILES string of the molecule is CC1(CNc2ncc(C(=O)O)s2)CCC1. The fourth-order valence-electron chi connectivity index (χ4n) is 1.70. The minimum Gasteiger partial charge on any atom is -0.477 e. The lowest BCUT2D eigenvalue weighted by molar-refractivity contribution is 0.0702. The molecular formula is C10H14N2O2S. The Morgan fingerprint density at radius 3 is 2.93 bits per heavy atom. The third-order valence-corrected chi connectivity index (χ3v) is 3.89. The number of hydrogen-bond donors (Lipinski definition) is 2. The Kier molecular flexibility index (Phi) is 2.65. The zero-order chi connectivity index (χ0) is 10.9. The zero-order valence-electron chi connectivity index (χ0n) is 8.62. The van der Waals surface area contributed by atoms with Crippen LogP contribution in [0, 0.1) is 5.41 Å². The monoisotopic (exact) mass is 226 g/mol. The first-order valence-electron chi connectivity index (χ1n) is 5.02. The van der Waals surface area contributed by atoms with Crippen LogP contribution in [0.4, 0.5) is 5.13 Å². The van der Waals surface area contributed by atoms with E-state index in [1.807, 2.05) is 0 Å². The highest BCUT2D eigenvalue weighted by Crippen LogP contribution is 2.40. The number of carboxylic acids is 1. The summed E-state index contributed by atoms with van der Waals surface area (Å²) in [6, 6.07) is 0. The van der Waals surface area contributed by atoms with Crippen LogP contribution in [0.25, 0.3) is 0 Å². The first-order chi connectivity index (χ1) is 7.09. The van der Waals surface area contributed by atoms with Crippen LogP contribution in [0.15, 0.2) is 6.20 Å². The maximum absolute atomic E-state index is 10.6. The van der Waals surface area contributed by atoms with Gasteiger partial charge in [0.05, 0.1) is 6.20 Å². The standard InChI is InChI=1S/C10H14N2O2S/c1-10(3-2-4-10)6-12-9-11-5-7(15-9)8(13)14/h5H,2-4,6H2,1H3,(H,11,12)(H,13,14). The van der Waals surface area contributed by atoms with Crippen LogP contribution in [0.5, 0.6) is 0 Å². The number of nitrogens with one attached hydrogen (secondary N) is 1. The lowest BCUT2D eigenvalue weighted by Crippen LogP contribution is -2.33. The zero-order valence-corrected chi connectivity index (χ0v) is 9.43. The van der Waals surface area contributed by atoms with Gasteiger partial charge in [0.1, 0.15) is 4.88 Å². The highest BCUT2D eigenvalue weighted by Gasteiger charge is 2.31. The Morgan fingerprint density at radius 1 is 1.73 bits per heavy atom. The first kappa shape index (κ1) is 10.4. The lowest BCUT2D eigenvalue weighted by atomic mass is 9.70. The van der Waals surface area contributed by atoms with Gasteiger partial charge in [0.2, 0.25) is 0 Å². The van der Waals surface area contributed by atoms with E-state index in [1.165, 1.54) is 36.8 Å². The van der Waals surface area contributed by atoms with Gasteiger partial charge in [-0.3, -0.25) is 0 Å². The van der Waals surface area contributed by atoms with Crippen molar-refractivity contribution >= 4 is 22.4 Å². The van der Waals surface area contributed by atoms with Crippen molar-refractivity contribution in [1.29, 1.82) is 0 Å². The lowest BCUT2D eigenvalue weighted by Gasteiger charge is -2.38. The van der Waals surface area contributed by atoms with Crippen molar-refractivity contribution in [2.24, 2.45) is 5.41 Å². The molecule has 2 N–H and O–H groups in total. The Hall–Kier alpha value is -1.10. The van der Waals surface area contributed by atoms with Gasteiger partial charge in [-0.1, -0.05) is 24.7 Å². The van der Waals surface area contributed by atoms with Crippen LogP contribution in [0.3, 0.4) is 0 Å². The van der Waals surface area contributed by atoms with Gasteiger partial charge in [0.15, 0.2) is 5.13 Å². The maximum Gasteiger partial charge on any atom is 0.347 e. The molecule has 0 amide bonds. The molecule has 0 saturated heterocycles. The molecule has 1 aromatic rings. The molecule has 1 saturated carbocycles. The number of rotatable bonds is 4. The molecule has 1 aliphatic carbocycles. The average Bonchev–Trinajstić information content (AvgIpc) is 2.60. The summed E-state index contributed by atoms with van der Waals surface area (Å²) in [5.74, 6) is -0.907. The number of aromatic nitrogens is 1. The van der Waals surface area contributed by atoms with Crippen molar-refractivity contribution in [2.75, 3.05) is 11.9 Å². The van der Waals surface area contributed by atoms with Crippen LogP contribution in [0.2, 0.25) is 0 Å². The van der Waals surface area contributed by atoms with Gasteiger partial charge in [-0.05, 0) is 18.3 Å². The molecule has 5 heteroatoms. The molecule has 1 aliphatic rings. The molecule has 0 unspecified atom stereocenters. The summed E-state index contributed by atoms with van der Waals surface area (Å²) in [5, 5.41) is 12.6. The number of carboxylic acid groups (broad SMARTS) is 1. The number of hydrogen-bond acceptors (Lipinski definition) is 4. The van der Waals surface area contributed by atoms with E-state index in [-0.39, 0.29) is 4.88 Å². The van der Waals surface area contributed by atoms with Crippen LogP contribution in [-0.2, 0) is 0 Å². The van der Waals surface area contributed by atoms with Gasteiger partial charge in [0, 0.05) is 6.54 Å². The molecular weight excluding hydrogens is 212 g/mol. The van der Waals surface area contributed by atoms with Crippen molar-refractivity contribution in [1.82, 2.24) is 4.98 Å². The fraction of sp³-hybridized carbons (Fsp3) is 0.600. The van der Waals surface area contributed by atoms with E-state index in [1.54, 1.807) is 0 Å². The van der Waals surface area contributed by atoms with E-state index in [9.17, 15) is 4.79 Å². The quantitative estimate of drug-likeness (QED) is 0.827. The Bertz CT molecular complexity index is 371. The molecule has 0 radical (unpaired) electrons. The molecule has 15 heavy (non-hydrogen) atoms. The molecule has 0 aliphatic heterocycles. The van der Waals surface area contributed by atoms with Crippen LogP contribution in [0.1, 0.15) is 35.9 Å². The first-order valence-corrected chi connectivity index (χ1v) is 5.84. The summed E-state index contributed by atoms with van der Waals surface area (Å²) in [5.41, 5.74) is 0.384. The predicted molar refractivity (Wildman–Crippen MR) is 59.5 cm³/mol. The number of carbonyl (C=O) groups is 1. The average molecular weight is 226 g/mol. The van der Waals surface area contributed by atoms with Gasteiger partial charge in [0.25, 0.3) is 0 Å². The minimum absolute atomic E-state index is 0.288. The minimum atomic E-state index is -0.907. The highest BCUT2D eigenvalue weighted by molar-refractivity contribution is 7.17. The Balaban J connectivity index is 1.90. The van der Waals surface area contributed by atoms with Crippen LogP contribution >= 0.6 is 11.3 Å². The molecule has 1 heterocycles. The molecule has 0 bridgehead atoms. The van der Waals surface area contributed by atoms with Gasteiger partial charge in [-0.25, -0.2) is 9.78 Å². The number of aromatic carboxylic acids is 1. The van der Waals surface area contributed by atoms with Gasteiger partial charge < -0.3 is 10.4 Å². The number of thiazole rings is 1. The molecule has 1 fully saturated rings. The van der Waals surface area contributed by atoms with E-state index >= 15 is 0 Å². The van der Waals surface area contributed by atoms with Crippen molar-refractivity contribution in [2.45, 2.75) is 26.2 Å². The second kappa shape index (κ2) is 3.81. The highest BCUT2D eigenvalue weighted by atomic mass is 32.1. The maximum atomic E-state index is 10.6. The van der Waals surface area contributed by atoms with Crippen LogP contribution < -0.4 is 5.32 Å².